The molecule has 1 aromatic carbocycles. The van der Waals surface area contributed by atoms with Crippen molar-refractivity contribution < 1.29 is 14.6 Å². The van der Waals surface area contributed by atoms with Gasteiger partial charge in [0, 0.05) is 17.7 Å². The van der Waals surface area contributed by atoms with Crippen LogP contribution in [0.4, 0.5) is 5.69 Å². The lowest BCUT2D eigenvalue weighted by molar-refractivity contribution is -0.384. The molecular formula is C11H12N2O4. The molecule has 0 aliphatic heterocycles. The summed E-state index contributed by atoms with van der Waals surface area (Å²) in [5.74, 6) is 0.174. The fraction of sp³-hybridized carbons (Fsp3) is 0.364. The topological polar surface area (TPSA) is 81.5 Å². The molecule has 0 aromatic heterocycles. The van der Waals surface area contributed by atoms with Crippen LogP contribution in [-0.2, 0) is 4.84 Å². The quantitative estimate of drug-likeness (QED) is 0.622. The molecule has 0 bridgehead atoms. The van der Waals surface area contributed by atoms with Crippen LogP contribution in [0.3, 0.4) is 0 Å². The molecule has 6 heteroatoms. The van der Waals surface area contributed by atoms with Crippen LogP contribution in [-0.4, -0.2) is 17.4 Å². The highest BCUT2D eigenvalue weighted by molar-refractivity contribution is 5.93. The van der Waals surface area contributed by atoms with Crippen LogP contribution in [0.15, 0.2) is 24.3 Å². The van der Waals surface area contributed by atoms with E-state index >= 15 is 0 Å². The monoisotopic (exact) mass is 236 g/mol. The largest absolute Gasteiger partial charge is 0.274 e. The third-order valence-corrected chi connectivity index (χ3v) is 2.52. The number of carbonyl (C=O) groups excluding carboxylic acids is 1. The highest BCUT2D eigenvalue weighted by Crippen LogP contribution is 2.28. The number of hydrogen-bond donors (Lipinski definition) is 1. The molecule has 0 saturated heterocycles. The van der Waals surface area contributed by atoms with Crippen molar-refractivity contribution in [2.75, 3.05) is 6.61 Å². The molecule has 1 aromatic rings. The molecule has 0 radical (unpaired) electrons. The van der Waals surface area contributed by atoms with E-state index in [1.807, 2.05) is 0 Å². The molecule has 0 unspecified atom stereocenters. The smallest absolute Gasteiger partial charge is 0.273 e. The van der Waals surface area contributed by atoms with Crippen LogP contribution in [0.5, 0.6) is 0 Å². The van der Waals surface area contributed by atoms with Gasteiger partial charge in [-0.25, -0.2) is 5.48 Å². The molecule has 0 spiro atoms. The highest BCUT2D eigenvalue weighted by Gasteiger charge is 2.21. The summed E-state index contributed by atoms with van der Waals surface area (Å²) in [6, 6.07) is 5.37. The van der Waals surface area contributed by atoms with Crippen molar-refractivity contribution in [3.05, 3.63) is 39.9 Å². The fourth-order valence-electron chi connectivity index (χ4n) is 1.30. The number of benzene rings is 1. The number of rotatable bonds is 5. The Kier molecular flexibility index (Phi) is 3.34. The second-order valence-corrected chi connectivity index (χ2v) is 3.99. The second kappa shape index (κ2) is 4.92. The number of hydroxylamine groups is 1. The Labute approximate surface area is 97.7 Å². The Bertz CT molecular complexity index is 426. The third-order valence-electron chi connectivity index (χ3n) is 2.52. The van der Waals surface area contributed by atoms with Crippen molar-refractivity contribution in [3.63, 3.8) is 0 Å². The van der Waals surface area contributed by atoms with Crippen molar-refractivity contribution >= 4 is 11.6 Å². The third kappa shape index (κ3) is 3.25. The van der Waals surface area contributed by atoms with Gasteiger partial charge in [0.25, 0.3) is 11.6 Å². The zero-order valence-electron chi connectivity index (χ0n) is 9.09. The number of hydrogen-bond acceptors (Lipinski definition) is 4. The maximum atomic E-state index is 11.5. The lowest BCUT2D eigenvalue weighted by atomic mass is 10.2. The Morgan fingerprint density at radius 3 is 2.59 bits per heavy atom. The predicted molar refractivity (Wildman–Crippen MR) is 59.2 cm³/mol. The average Bonchev–Trinajstić information content (AvgIpc) is 3.13. The van der Waals surface area contributed by atoms with Crippen molar-refractivity contribution in [3.8, 4) is 0 Å². The van der Waals surface area contributed by atoms with E-state index < -0.39 is 4.92 Å². The van der Waals surface area contributed by atoms with Crippen molar-refractivity contribution in [1.29, 1.82) is 0 Å². The van der Waals surface area contributed by atoms with E-state index in [-0.39, 0.29) is 11.6 Å². The molecule has 1 fully saturated rings. The molecule has 1 N–H and O–H groups in total. The number of nitrogens with zero attached hydrogens (tertiary/aromatic N) is 1. The van der Waals surface area contributed by atoms with Crippen LogP contribution < -0.4 is 5.48 Å². The minimum Gasteiger partial charge on any atom is -0.273 e. The summed E-state index contributed by atoms with van der Waals surface area (Å²) in [7, 11) is 0. The van der Waals surface area contributed by atoms with Gasteiger partial charge in [-0.3, -0.25) is 19.7 Å². The normalized spacial score (nSPS) is 14.4. The Morgan fingerprint density at radius 1 is 1.41 bits per heavy atom. The Morgan fingerprint density at radius 2 is 2.06 bits per heavy atom. The van der Waals surface area contributed by atoms with Crippen molar-refractivity contribution in [2.24, 2.45) is 5.92 Å². The van der Waals surface area contributed by atoms with Gasteiger partial charge in [-0.15, -0.1) is 0 Å². The standard InChI is InChI=1S/C11H12N2O4/c14-11(12-17-7-8-1-2-8)9-3-5-10(6-4-9)13(15)16/h3-6,8H,1-2,7H2,(H,12,14). The Balaban J connectivity index is 1.86. The van der Waals surface area contributed by atoms with E-state index in [0.717, 1.165) is 12.8 Å². The van der Waals surface area contributed by atoms with Crippen LogP contribution in [0, 0.1) is 16.0 Å². The van der Waals surface area contributed by atoms with E-state index in [9.17, 15) is 14.9 Å². The van der Waals surface area contributed by atoms with E-state index in [1.54, 1.807) is 0 Å². The van der Waals surface area contributed by atoms with Crippen LogP contribution in [0.1, 0.15) is 23.2 Å². The first kappa shape index (κ1) is 11.5. The summed E-state index contributed by atoms with van der Waals surface area (Å²) in [4.78, 5) is 26.4. The highest BCUT2D eigenvalue weighted by atomic mass is 16.7. The Hall–Kier alpha value is -1.95. The summed E-state index contributed by atoms with van der Waals surface area (Å²) in [5, 5.41) is 10.4. The first-order chi connectivity index (χ1) is 8.16. The number of nitro benzene ring substituents is 1. The fourth-order valence-corrected chi connectivity index (χ4v) is 1.30. The first-order valence-electron chi connectivity index (χ1n) is 5.33. The van der Waals surface area contributed by atoms with Gasteiger partial charge in [0.15, 0.2) is 0 Å². The zero-order chi connectivity index (χ0) is 12.3. The molecule has 1 saturated carbocycles. The summed E-state index contributed by atoms with van der Waals surface area (Å²) in [6.07, 6.45) is 2.29. The van der Waals surface area contributed by atoms with E-state index in [2.05, 4.69) is 5.48 Å². The van der Waals surface area contributed by atoms with Gasteiger partial charge in [-0.1, -0.05) is 0 Å². The van der Waals surface area contributed by atoms with Crippen molar-refractivity contribution in [2.45, 2.75) is 12.8 Å². The minimum atomic E-state index is -0.509. The number of nitro groups is 1. The summed E-state index contributed by atoms with van der Waals surface area (Å²) < 4.78 is 0. The van der Waals surface area contributed by atoms with Crippen LogP contribution >= 0.6 is 0 Å². The average molecular weight is 236 g/mol. The first-order valence-corrected chi connectivity index (χ1v) is 5.33. The molecular weight excluding hydrogens is 224 g/mol. The number of amides is 1. The number of carbonyl (C=O) groups is 1. The van der Waals surface area contributed by atoms with Crippen LogP contribution in [0.25, 0.3) is 0 Å². The molecule has 0 heterocycles. The molecule has 17 heavy (non-hydrogen) atoms. The second-order valence-electron chi connectivity index (χ2n) is 3.99. The lowest BCUT2D eigenvalue weighted by Crippen LogP contribution is -2.24. The molecule has 1 aliphatic rings. The molecule has 2 rings (SSSR count). The summed E-state index contributed by atoms with van der Waals surface area (Å²) in [6.45, 7) is 0.527. The van der Waals surface area contributed by atoms with Gasteiger partial charge in [0.2, 0.25) is 0 Å². The number of nitrogens with one attached hydrogen (secondary N) is 1. The molecule has 0 atom stereocenters. The van der Waals surface area contributed by atoms with Crippen molar-refractivity contribution in [1.82, 2.24) is 5.48 Å². The molecule has 1 aliphatic carbocycles. The van der Waals surface area contributed by atoms with Gasteiger partial charge in [-0.2, -0.15) is 0 Å². The zero-order valence-corrected chi connectivity index (χ0v) is 9.09. The summed E-state index contributed by atoms with van der Waals surface area (Å²) >= 11 is 0. The van der Waals surface area contributed by atoms with E-state index in [4.69, 9.17) is 4.84 Å². The summed E-state index contributed by atoms with van der Waals surface area (Å²) in [5.41, 5.74) is 2.61. The minimum absolute atomic E-state index is 0.0413. The van der Waals surface area contributed by atoms with Gasteiger partial charge >= 0.3 is 0 Å². The van der Waals surface area contributed by atoms with Gasteiger partial charge in [0.05, 0.1) is 11.5 Å². The van der Waals surface area contributed by atoms with Gasteiger partial charge < -0.3 is 0 Å². The molecule has 1 amide bonds. The predicted octanol–water partition coefficient (Wildman–Crippen LogP) is 1.67. The van der Waals surface area contributed by atoms with Gasteiger partial charge in [-0.05, 0) is 30.9 Å². The SMILES string of the molecule is O=C(NOCC1CC1)c1ccc([N+](=O)[O-])cc1. The van der Waals surface area contributed by atoms with E-state index in [1.165, 1.54) is 24.3 Å². The maximum absolute atomic E-state index is 11.5. The van der Waals surface area contributed by atoms with Crippen LogP contribution in [0.2, 0.25) is 0 Å². The molecule has 6 nitrogen and oxygen atoms in total. The van der Waals surface area contributed by atoms with Gasteiger partial charge in [0.1, 0.15) is 0 Å². The molecule has 90 valence electrons. The van der Waals surface area contributed by atoms with E-state index in [0.29, 0.717) is 18.1 Å². The number of non-ortho nitro benzene ring substituents is 1. The lowest BCUT2D eigenvalue weighted by Gasteiger charge is -2.04. The maximum Gasteiger partial charge on any atom is 0.274 e.